The van der Waals surface area contributed by atoms with Crippen LogP contribution in [0.2, 0.25) is 0 Å². The molecule has 2 N–H and O–H groups in total. The molecule has 3 aromatic rings. The molecule has 1 heterocycles. The number of hydrogen-bond donors (Lipinski definition) is 2. The molecule has 0 unspecified atom stereocenters. The zero-order chi connectivity index (χ0) is 19.9. The van der Waals surface area contributed by atoms with E-state index >= 15 is 0 Å². The van der Waals surface area contributed by atoms with E-state index in [1.54, 1.807) is 13.2 Å². The van der Waals surface area contributed by atoms with Gasteiger partial charge in [0, 0.05) is 24.0 Å². The fourth-order valence-corrected chi connectivity index (χ4v) is 2.64. The van der Waals surface area contributed by atoms with Crippen molar-refractivity contribution in [3.8, 4) is 5.75 Å². The molecule has 28 heavy (non-hydrogen) atoms. The first-order valence-corrected chi connectivity index (χ1v) is 8.80. The number of nitrogens with one attached hydrogen (secondary N) is 2. The number of benzene rings is 2. The Kier molecular flexibility index (Phi) is 6.01. The summed E-state index contributed by atoms with van der Waals surface area (Å²) in [5, 5.41) is 5.63. The van der Waals surface area contributed by atoms with Gasteiger partial charge in [-0.2, -0.15) is 0 Å². The number of ether oxygens (including phenoxy) is 1. The summed E-state index contributed by atoms with van der Waals surface area (Å²) in [6.45, 7) is 2.30. The normalized spacial score (nSPS) is 10.2. The number of anilines is 1. The molecular weight excluding hydrogens is 354 g/mol. The number of pyridine rings is 1. The number of amides is 2. The van der Waals surface area contributed by atoms with Crippen LogP contribution >= 0.6 is 0 Å². The van der Waals surface area contributed by atoms with Crippen molar-refractivity contribution in [2.45, 2.75) is 13.5 Å². The second-order valence-electron chi connectivity index (χ2n) is 6.28. The van der Waals surface area contributed by atoms with Crippen molar-refractivity contribution in [3.05, 3.63) is 89.2 Å². The van der Waals surface area contributed by atoms with E-state index in [4.69, 9.17) is 4.74 Å². The van der Waals surface area contributed by atoms with Crippen molar-refractivity contribution >= 4 is 17.5 Å². The van der Waals surface area contributed by atoms with E-state index < -0.39 is 0 Å². The van der Waals surface area contributed by atoms with Crippen molar-refractivity contribution in [1.29, 1.82) is 0 Å². The maximum Gasteiger partial charge on any atom is 0.270 e. The number of aromatic nitrogens is 1. The van der Waals surface area contributed by atoms with Gasteiger partial charge in [-0.25, -0.2) is 0 Å². The lowest BCUT2D eigenvalue weighted by Gasteiger charge is -2.08. The van der Waals surface area contributed by atoms with E-state index in [1.165, 1.54) is 12.3 Å². The number of aryl methyl sites for hydroxylation is 1. The molecule has 0 spiro atoms. The Morgan fingerprint density at radius 3 is 2.50 bits per heavy atom. The van der Waals surface area contributed by atoms with Gasteiger partial charge in [0.2, 0.25) is 0 Å². The maximum absolute atomic E-state index is 12.5. The summed E-state index contributed by atoms with van der Waals surface area (Å²) in [6, 6.07) is 18.0. The van der Waals surface area contributed by atoms with Gasteiger partial charge in [0.05, 0.1) is 7.11 Å². The van der Waals surface area contributed by atoms with Crippen LogP contribution in [-0.4, -0.2) is 23.9 Å². The molecule has 0 aliphatic heterocycles. The van der Waals surface area contributed by atoms with Crippen LogP contribution in [0.4, 0.5) is 5.69 Å². The van der Waals surface area contributed by atoms with Gasteiger partial charge in [0.1, 0.15) is 11.4 Å². The summed E-state index contributed by atoms with van der Waals surface area (Å²) in [5.41, 5.74) is 3.23. The van der Waals surface area contributed by atoms with Gasteiger partial charge in [-0.15, -0.1) is 0 Å². The second-order valence-corrected chi connectivity index (χ2v) is 6.28. The van der Waals surface area contributed by atoms with Gasteiger partial charge >= 0.3 is 0 Å². The predicted molar refractivity (Wildman–Crippen MR) is 108 cm³/mol. The molecule has 6 heteroatoms. The van der Waals surface area contributed by atoms with E-state index in [9.17, 15) is 9.59 Å². The van der Waals surface area contributed by atoms with Gasteiger partial charge in [-0.1, -0.05) is 24.3 Å². The molecule has 2 aromatic carbocycles. The van der Waals surface area contributed by atoms with Crippen LogP contribution in [0.5, 0.6) is 5.75 Å². The number of hydrogen-bond acceptors (Lipinski definition) is 4. The van der Waals surface area contributed by atoms with Crippen LogP contribution in [0.1, 0.15) is 32.0 Å². The molecular formula is C22H21N3O3. The summed E-state index contributed by atoms with van der Waals surface area (Å²) in [5.74, 6) is 0.113. The average molecular weight is 375 g/mol. The highest BCUT2D eigenvalue weighted by atomic mass is 16.5. The van der Waals surface area contributed by atoms with Gasteiger partial charge in [0.15, 0.2) is 0 Å². The Morgan fingerprint density at radius 2 is 1.79 bits per heavy atom. The third-order valence-corrected chi connectivity index (χ3v) is 4.14. The van der Waals surface area contributed by atoms with Crippen LogP contribution in [-0.2, 0) is 6.54 Å². The summed E-state index contributed by atoms with van der Waals surface area (Å²) in [4.78, 5) is 28.9. The van der Waals surface area contributed by atoms with Crippen LogP contribution in [0, 0.1) is 6.92 Å². The molecule has 3 rings (SSSR count). The van der Waals surface area contributed by atoms with E-state index in [2.05, 4.69) is 15.6 Å². The first-order chi connectivity index (χ1) is 13.5. The Hall–Kier alpha value is -3.67. The van der Waals surface area contributed by atoms with Gasteiger partial charge < -0.3 is 15.4 Å². The molecule has 1 aromatic heterocycles. The van der Waals surface area contributed by atoms with Gasteiger partial charge in [-0.05, 0) is 54.4 Å². The molecule has 0 atom stereocenters. The fraction of sp³-hybridized carbons (Fsp3) is 0.136. The molecule has 0 saturated carbocycles. The van der Waals surface area contributed by atoms with Crippen molar-refractivity contribution in [2.24, 2.45) is 0 Å². The third kappa shape index (κ3) is 4.94. The molecule has 0 radical (unpaired) electrons. The Balaban J connectivity index is 1.64. The molecule has 6 nitrogen and oxygen atoms in total. The lowest BCUT2D eigenvalue weighted by atomic mass is 10.1. The van der Waals surface area contributed by atoms with Crippen LogP contribution in [0.3, 0.4) is 0 Å². The number of rotatable bonds is 6. The number of carbonyl (C=O) groups is 2. The number of methoxy groups -OCH3 is 1. The van der Waals surface area contributed by atoms with Gasteiger partial charge in [0.25, 0.3) is 11.8 Å². The minimum atomic E-state index is -0.346. The fourth-order valence-electron chi connectivity index (χ4n) is 2.64. The summed E-state index contributed by atoms with van der Waals surface area (Å²) >= 11 is 0. The van der Waals surface area contributed by atoms with Crippen molar-refractivity contribution in [1.82, 2.24) is 10.3 Å². The van der Waals surface area contributed by atoms with Crippen molar-refractivity contribution in [2.75, 3.05) is 12.4 Å². The van der Waals surface area contributed by atoms with E-state index in [1.807, 2.05) is 55.5 Å². The topological polar surface area (TPSA) is 80.3 Å². The SMILES string of the molecule is COc1ccc(CNC(=O)c2cc(C(=O)Nc3cccc(C)c3)ccn2)cc1. The third-order valence-electron chi connectivity index (χ3n) is 4.14. The molecule has 0 saturated heterocycles. The predicted octanol–water partition coefficient (Wildman–Crippen LogP) is 3.58. The van der Waals surface area contributed by atoms with Crippen LogP contribution in [0.15, 0.2) is 66.9 Å². The summed E-state index contributed by atoms with van der Waals surface area (Å²) in [6.07, 6.45) is 1.45. The molecule has 0 aliphatic carbocycles. The average Bonchev–Trinajstić information content (AvgIpc) is 2.72. The largest absolute Gasteiger partial charge is 0.497 e. The zero-order valence-electron chi connectivity index (χ0n) is 15.7. The lowest BCUT2D eigenvalue weighted by Crippen LogP contribution is -2.24. The molecule has 0 fully saturated rings. The van der Waals surface area contributed by atoms with Crippen molar-refractivity contribution < 1.29 is 14.3 Å². The highest BCUT2D eigenvalue weighted by molar-refractivity contribution is 6.05. The molecule has 142 valence electrons. The monoisotopic (exact) mass is 375 g/mol. The van der Waals surface area contributed by atoms with Crippen LogP contribution in [0.25, 0.3) is 0 Å². The van der Waals surface area contributed by atoms with E-state index in [-0.39, 0.29) is 17.5 Å². The highest BCUT2D eigenvalue weighted by Gasteiger charge is 2.12. The first-order valence-electron chi connectivity index (χ1n) is 8.80. The zero-order valence-corrected chi connectivity index (χ0v) is 15.7. The quantitative estimate of drug-likeness (QED) is 0.690. The molecule has 0 aliphatic rings. The lowest BCUT2D eigenvalue weighted by molar-refractivity contribution is 0.0946. The standard InChI is InChI=1S/C22H21N3O3/c1-15-4-3-5-18(12-15)25-21(26)17-10-11-23-20(13-17)22(27)24-14-16-6-8-19(28-2)9-7-16/h3-13H,14H2,1-2H3,(H,24,27)(H,25,26). The minimum absolute atomic E-state index is 0.186. The maximum atomic E-state index is 12.5. The highest BCUT2D eigenvalue weighted by Crippen LogP contribution is 2.13. The first kappa shape index (κ1) is 19.1. The van der Waals surface area contributed by atoms with Gasteiger partial charge in [-0.3, -0.25) is 14.6 Å². The minimum Gasteiger partial charge on any atom is -0.497 e. The summed E-state index contributed by atoms with van der Waals surface area (Å²) < 4.78 is 5.11. The second kappa shape index (κ2) is 8.81. The van der Waals surface area contributed by atoms with Crippen molar-refractivity contribution in [3.63, 3.8) is 0 Å². The number of carbonyl (C=O) groups excluding carboxylic acids is 2. The van der Waals surface area contributed by atoms with E-state index in [0.717, 1.165) is 16.9 Å². The molecule has 0 bridgehead atoms. The van der Waals surface area contributed by atoms with E-state index in [0.29, 0.717) is 17.8 Å². The summed E-state index contributed by atoms with van der Waals surface area (Å²) in [7, 11) is 1.60. The molecule has 2 amide bonds. The Bertz CT molecular complexity index is 984. The van der Waals surface area contributed by atoms with Crippen LogP contribution < -0.4 is 15.4 Å². The number of nitrogens with zero attached hydrogens (tertiary/aromatic N) is 1. The Labute approximate surface area is 163 Å². The smallest absolute Gasteiger partial charge is 0.270 e. The Morgan fingerprint density at radius 1 is 1.00 bits per heavy atom.